The second kappa shape index (κ2) is 11.1. The van der Waals surface area contributed by atoms with E-state index in [0.717, 1.165) is 47.9 Å². The lowest BCUT2D eigenvalue weighted by Crippen LogP contribution is -2.40. The molecular weight excluding hydrogens is 457 g/mol. The summed E-state index contributed by atoms with van der Waals surface area (Å²) in [6.45, 7) is 1.37. The second-order valence-corrected chi connectivity index (χ2v) is 9.49. The molecule has 1 aliphatic heterocycles. The van der Waals surface area contributed by atoms with Crippen LogP contribution in [0.15, 0.2) is 66.7 Å². The van der Waals surface area contributed by atoms with Gasteiger partial charge in [-0.15, -0.1) is 0 Å². The van der Waals surface area contributed by atoms with Crippen molar-refractivity contribution in [3.63, 3.8) is 0 Å². The van der Waals surface area contributed by atoms with E-state index in [0.29, 0.717) is 37.6 Å². The van der Waals surface area contributed by atoms with Crippen LogP contribution >= 0.6 is 0 Å². The number of ether oxygens (including phenoxy) is 3. The highest BCUT2D eigenvalue weighted by Gasteiger charge is 2.33. The molecule has 0 spiro atoms. The Morgan fingerprint density at radius 2 is 1.78 bits per heavy atom. The number of benzene rings is 3. The molecule has 5 rings (SSSR count). The van der Waals surface area contributed by atoms with Crippen LogP contribution in [-0.4, -0.2) is 30.6 Å². The minimum Gasteiger partial charge on any atom is -0.493 e. The van der Waals surface area contributed by atoms with Crippen molar-refractivity contribution in [1.82, 2.24) is 4.90 Å². The van der Waals surface area contributed by atoms with Crippen LogP contribution in [0.1, 0.15) is 54.0 Å². The number of rotatable bonds is 8. The fourth-order valence-corrected chi connectivity index (χ4v) is 5.13. The molecule has 36 heavy (non-hydrogen) atoms. The molecule has 0 saturated heterocycles. The zero-order valence-corrected chi connectivity index (χ0v) is 20.6. The van der Waals surface area contributed by atoms with Gasteiger partial charge in [-0.05, 0) is 54.2 Å². The van der Waals surface area contributed by atoms with E-state index in [2.05, 4.69) is 0 Å². The molecule has 0 unspecified atom stereocenters. The summed E-state index contributed by atoms with van der Waals surface area (Å²) in [6.07, 6.45) is 4.51. The van der Waals surface area contributed by atoms with E-state index in [4.69, 9.17) is 14.2 Å². The molecule has 5 nitrogen and oxygen atoms in total. The van der Waals surface area contributed by atoms with E-state index >= 15 is 0 Å². The van der Waals surface area contributed by atoms with E-state index in [9.17, 15) is 9.18 Å². The third kappa shape index (κ3) is 5.39. The quantitative estimate of drug-likeness (QED) is 0.390. The van der Waals surface area contributed by atoms with Gasteiger partial charge in [0.15, 0.2) is 17.6 Å². The number of carbonyl (C=O) groups excluding carboxylic acids is 1. The predicted molar refractivity (Wildman–Crippen MR) is 135 cm³/mol. The van der Waals surface area contributed by atoms with Crippen LogP contribution in [0.4, 0.5) is 4.39 Å². The van der Waals surface area contributed by atoms with Crippen molar-refractivity contribution in [1.29, 1.82) is 0 Å². The van der Waals surface area contributed by atoms with E-state index in [1.807, 2.05) is 47.4 Å². The van der Waals surface area contributed by atoms with Gasteiger partial charge in [0.05, 0.1) is 13.2 Å². The van der Waals surface area contributed by atoms with Crippen LogP contribution in [0, 0.1) is 5.82 Å². The number of fused-ring (bicyclic) bond motifs is 1. The Kier molecular flexibility index (Phi) is 7.52. The molecule has 1 heterocycles. The van der Waals surface area contributed by atoms with Crippen molar-refractivity contribution in [2.45, 2.75) is 57.5 Å². The van der Waals surface area contributed by atoms with Gasteiger partial charge in [0.2, 0.25) is 0 Å². The maximum atomic E-state index is 13.8. The molecule has 3 aromatic rings. The van der Waals surface area contributed by atoms with Gasteiger partial charge < -0.3 is 19.1 Å². The maximum absolute atomic E-state index is 13.8. The lowest BCUT2D eigenvalue weighted by molar-refractivity contribution is -0.149. The Morgan fingerprint density at radius 1 is 1.03 bits per heavy atom. The minimum absolute atomic E-state index is 0.00310. The molecule has 188 valence electrons. The van der Waals surface area contributed by atoms with Gasteiger partial charge in [0, 0.05) is 18.7 Å². The number of carbonyl (C=O) groups is 1. The van der Waals surface area contributed by atoms with Crippen LogP contribution in [0.3, 0.4) is 0 Å². The molecule has 3 aromatic carbocycles. The van der Waals surface area contributed by atoms with Crippen molar-refractivity contribution in [3.05, 3.63) is 94.8 Å². The van der Waals surface area contributed by atoms with Gasteiger partial charge in [0.25, 0.3) is 5.91 Å². The summed E-state index contributed by atoms with van der Waals surface area (Å²) in [5.41, 5.74) is 3.86. The van der Waals surface area contributed by atoms with Crippen LogP contribution in [0.5, 0.6) is 11.5 Å². The van der Waals surface area contributed by atoms with Gasteiger partial charge in [-0.25, -0.2) is 4.39 Å². The smallest absolute Gasteiger partial charge is 0.256 e. The first-order valence-electron chi connectivity index (χ1n) is 12.7. The summed E-state index contributed by atoms with van der Waals surface area (Å²) in [7, 11) is 1.62. The molecule has 1 atom stereocenters. The van der Waals surface area contributed by atoms with Crippen molar-refractivity contribution in [2.24, 2.45) is 0 Å². The van der Waals surface area contributed by atoms with Gasteiger partial charge in [-0.2, -0.15) is 0 Å². The standard InChI is InChI=1S/C30H32FNO4/c1-34-27-16-13-23-19-32(18-17-26(23)29(27)35-20-21-11-14-24(31)15-12-21)30(33)28(22-7-3-2-4-8-22)36-25-9-5-6-10-25/h2-4,7-8,11-16,25,28H,5-6,9-10,17-20H2,1H3/t28-/m0/s1. The van der Waals surface area contributed by atoms with Crippen LogP contribution < -0.4 is 9.47 Å². The molecular formula is C30H32FNO4. The average Bonchev–Trinajstić information content (AvgIpc) is 3.44. The van der Waals surface area contributed by atoms with Crippen LogP contribution in [-0.2, 0) is 29.1 Å². The lowest BCUT2D eigenvalue weighted by Gasteiger charge is -2.34. The lowest BCUT2D eigenvalue weighted by atomic mass is 9.97. The first kappa shape index (κ1) is 24.3. The fraction of sp³-hybridized carbons (Fsp3) is 0.367. The average molecular weight is 490 g/mol. The number of halogens is 1. The number of hydrogen-bond donors (Lipinski definition) is 0. The third-order valence-electron chi connectivity index (χ3n) is 7.10. The fourth-order valence-electron chi connectivity index (χ4n) is 5.13. The Balaban J connectivity index is 1.35. The van der Waals surface area contributed by atoms with Crippen LogP contribution in [0.2, 0.25) is 0 Å². The highest BCUT2D eigenvalue weighted by molar-refractivity contribution is 5.82. The van der Waals surface area contributed by atoms with Crippen molar-refractivity contribution in [3.8, 4) is 11.5 Å². The maximum Gasteiger partial charge on any atom is 0.256 e. The Morgan fingerprint density at radius 3 is 2.50 bits per heavy atom. The molecule has 1 saturated carbocycles. The summed E-state index contributed by atoms with van der Waals surface area (Å²) in [5.74, 6) is 1.07. The molecule has 6 heteroatoms. The molecule has 1 amide bonds. The molecule has 0 aromatic heterocycles. The topological polar surface area (TPSA) is 48.0 Å². The number of amides is 1. The summed E-state index contributed by atoms with van der Waals surface area (Å²) in [5, 5.41) is 0. The molecule has 1 fully saturated rings. The van der Waals surface area contributed by atoms with E-state index in [1.165, 1.54) is 12.1 Å². The monoisotopic (exact) mass is 489 g/mol. The van der Waals surface area contributed by atoms with Crippen molar-refractivity contribution in [2.75, 3.05) is 13.7 Å². The first-order chi connectivity index (χ1) is 17.6. The van der Waals surface area contributed by atoms with Gasteiger partial charge in [-0.1, -0.05) is 61.4 Å². The zero-order valence-electron chi connectivity index (χ0n) is 20.6. The molecule has 0 N–H and O–H groups in total. The second-order valence-electron chi connectivity index (χ2n) is 9.49. The molecule has 1 aliphatic carbocycles. The van der Waals surface area contributed by atoms with E-state index < -0.39 is 6.10 Å². The first-order valence-corrected chi connectivity index (χ1v) is 12.7. The Labute approximate surface area is 211 Å². The highest BCUT2D eigenvalue weighted by Crippen LogP contribution is 2.38. The molecule has 0 bridgehead atoms. The molecule has 0 radical (unpaired) electrons. The van der Waals surface area contributed by atoms with E-state index in [-0.39, 0.29) is 17.8 Å². The highest BCUT2D eigenvalue weighted by atomic mass is 19.1. The summed E-state index contributed by atoms with van der Waals surface area (Å²) >= 11 is 0. The number of methoxy groups -OCH3 is 1. The Bertz CT molecular complexity index is 1180. The van der Waals surface area contributed by atoms with Crippen molar-refractivity contribution >= 4 is 5.91 Å². The zero-order chi connectivity index (χ0) is 24.9. The third-order valence-corrected chi connectivity index (χ3v) is 7.10. The summed E-state index contributed by atoms with van der Waals surface area (Å²) in [6, 6.07) is 20.0. The number of hydrogen-bond acceptors (Lipinski definition) is 4. The summed E-state index contributed by atoms with van der Waals surface area (Å²) < 4.78 is 31.4. The van der Waals surface area contributed by atoms with Crippen molar-refractivity contribution < 1.29 is 23.4 Å². The summed E-state index contributed by atoms with van der Waals surface area (Å²) in [4.78, 5) is 15.7. The van der Waals surface area contributed by atoms with Gasteiger partial charge in [0.1, 0.15) is 12.4 Å². The van der Waals surface area contributed by atoms with Gasteiger partial charge in [-0.3, -0.25) is 4.79 Å². The normalized spacial score (nSPS) is 16.4. The predicted octanol–water partition coefficient (Wildman–Crippen LogP) is 6.00. The minimum atomic E-state index is -0.594. The van der Waals surface area contributed by atoms with E-state index in [1.54, 1.807) is 19.2 Å². The number of nitrogens with zero attached hydrogens (tertiary/aromatic N) is 1. The van der Waals surface area contributed by atoms with Gasteiger partial charge >= 0.3 is 0 Å². The SMILES string of the molecule is COc1ccc2c(c1OCc1ccc(F)cc1)CCN(C(=O)[C@@H](OC1CCCC1)c1ccccc1)C2. The Hall–Kier alpha value is -3.38. The largest absolute Gasteiger partial charge is 0.493 e. The van der Waals surface area contributed by atoms with Crippen LogP contribution in [0.25, 0.3) is 0 Å². The molecule has 2 aliphatic rings.